The Kier molecular flexibility index (Phi) is 8.58. The normalized spacial score (nSPS) is 10.8. The fraction of sp³-hybridized carbons (Fsp3) is 0.200. The van der Waals surface area contributed by atoms with Crippen molar-refractivity contribution < 1.29 is 19.0 Å². The zero-order valence-electron chi connectivity index (χ0n) is 18.5. The molecule has 172 valence electrons. The Bertz CT molecular complexity index is 1170. The second-order valence-electron chi connectivity index (χ2n) is 7.08. The molecule has 1 amide bonds. The molecule has 0 heterocycles. The van der Waals surface area contributed by atoms with Gasteiger partial charge in [-0.05, 0) is 73.0 Å². The van der Waals surface area contributed by atoms with Crippen LogP contribution in [-0.2, 0) is 6.61 Å². The standard InChI is InChI=1S/C25H24Cl2N2O4/c1-4-32-24-13-17(7-10-22(24)33-15-18-6-9-20(26)21(27)12-18)14-28-29-25(30)19-8-5-16(2)11-23(19)31-3/h5-14H,4,15H2,1-3H3,(H,29,30)/b28-14-. The van der Waals surface area contributed by atoms with Crippen molar-refractivity contribution in [2.45, 2.75) is 20.5 Å². The smallest absolute Gasteiger partial charge is 0.275 e. The number of benzene rings is 3. The number of ether oxygens (including phenoxy) is 3. The van der Waals surface area contributed by atoms with Gasteiger partial charge < -0.3 is 14.2 Å². The lowest BCUT2D eigenvalue weighted by Crippen LogP contribution is -2.18. The number of hydrogen-bond acceptors (Lipinski definition) is 5. The highest BCUT2D eigenvalue weighted by molar-refractivity contribution is 6.42. The van der Waals surface area contributed by atoms with Crippen LogP contribution in [-0.4, -0.2) is 25.8 Å². The van der Waals surface area contributed by atoms with Crippen LogP contribution in [0.5, 0.6) is 17.2 Å². The van der Waals surface area contributed by atoms with Gasteiger partial charge in [0.2, 0.25) is 0 Å². The van der Waals surface area contributed by atoms with Crippen molar-refractivity contribution in [1.82, 2.24) is 5.43 Å². The molecule has 0 saturated carbocycles. The molecule has 0 aliphatic heterocycles. The van der Waals surface area contributed by atoms with Crippen molar-refractivity contribution in [3.05, 3.63) is 86.9 Å². The van der Waals surface area contributed by atoms with Gasteiger partial charge in [0.05, 0.1) is 35.5 Å². The summed E-state index contributed by atoms with van der Waals surface area (Å²) in [6.07, 6.45) is 1.53. The fourth-order valence-electron chi connectivity index (χ4n) is 2.99. The number of carbonyl (C=O) groups excluding carboxylic acids is 1. The maximum absolute atomic E-state index is 12.4. The zero-order valence-corrected chi connectivity index (χ0v) is 20.0. The SMILES string of the molecule is CCOc1cc(/C=N\NC(=O)c2ccc(C)cc2OC)ccc1OCc1ccc(Cl)c(Cl)c1. The maximum Gasteiger partial charge on any atom is 0.275 e. The van der Waals surface area contributed by atoms with Crippen molar-refractivity contribution in [3.63, 3.8) is 0 Å². The summed E-state index contributed by atoms with van der Waals surface area (Å²) in [4.78, 5) is 12.4. The molecule has 0 radical (unpaired) electrons. The molecule has 3 aromatic carbocycles. The summed E-state index contributed by atoms with van der Waals surface area (Å²) in [5.41, 5.74) is 5.53. The summed E-state index contributed by atoms with van der Waals surface area (Å²) in [5, 5.41) is 5.02. The molecule has 0 unspecified atom stereocenters. The molecule has 0 aliphatic rings. The Morgan fingerprint density at radius 1 is 0.970 bits per heavy atom. The Morgan fingerprint density at radius 3 is 2.52 bits per heavy atom. The highest BCUT2D eigenvalue weighted by Crippen LogP contribution is 2.30. The first kappa shape index (κ1) is 24.4. The van der Waals surface area contributed by atoms with Gasteiger partial charge >= 0.3 is 0 Å². The minimum atomic E-state index is -0.366. The lowest BCUT2D eigenvalue weighted by atomic mass is 10.1. The van der Waals surface area contributed by atoms with Crippen LogP contribution in [0.4, 0.5) is 0 Å². The lowest BCUT2D eigenvalue weighted by Gasteiger charge is -2.13. The van der Waals surface area contributed by atoms with E-state index in [1.165, 1.54) is 13.3 Å². The topological polar surface area (TPSA) is 69.2 Å². The molecule has 0 fully saturated rings. The van der Waals surface area contributed by atoms with Gasteiger partial charge in [-0.25, -0.2) is 5.43 Å². The van der Waals surface area contributed by atoms with Crippen LogP contribution in [0.15, 0.2) is 59.7 Å². The highest BCUT2D eigenvalue weighted by atomic mass is 35.5. The summed E-state index contributed by atoms with van der Waals surface area (Å²) in [6, 6.07) is 16.1. The molecule has 1 N–H and O–H groups in total. The quantitative estimate of drug-likeness (QED) is 0.295. The third-order valence-corrected chi connectivity index (χ3v) is 5.37. The van der Waals surface area contributed by atoms with Crippen molar-refractivity contribution in [2.75, 3.05) is 13.7 Å². The Hall–Kier alpha value is -3.22. The molecule has 0 atom stereocenters. The molecule has 6 nitrogen and oxygen atoms in total. The minimum Gasteiger partial charge on any atom is -0.496 e. The van der Waals surface area contributed by atoms with Gasteiger partial charge in [0.15, 0.2) is 11.5 Å². The number of hydrazone groups is 1. The summed E-state index contributed by atoms with van der Waals surface area (Å²) >= 11 is 12.0. The first-order chi connectivity index (χ1) is 15.9. The van der Waals surface area contributed by atoms with E-state index >= 15 is 0 Å². The van der Waals surface area contributed by atoms with Crippen molar-refractivity contribution >= 4 is 35.3 Å². The second kappa shape index (κ2) is 11.6. The molecule has 3 aromatic rings. The number of amides is 1. The third kappa shape index (κ3) is 6.63. The van der Waals surface area contributed by atoms with Gasteiger partial charge in [-0.1, -0.05) is 35.3 Å². The van der Waals surface area contributed by atoms with E-state index in [4.69, 9.17) is 37.4 Å². The van der Waals surface area contributed by atoms with Crippen LogP contribution in [0.3, 0.4) is 0 Å². The van der Waals surface area contributed by atoms with Crippen LogP contribution < -0.4 is 19.6 Å². The monoisotopic (exact) mass is 486 g/mol. The molecule has 3 rings (SSSR count). The van der Waals surface area contributed by atoms with E-state index in [1.807, 2.05) is 32.0 Å². The third-order valence-electron chi connectivity index (χ3n) is 4.63. The number of nitrogens with one attached hydrogen (secondary N) is 1. The molecular formula is C25H24Cl2N2O4. The second-order valence-corrected chi connectivity index (χ2v) is 7.89. The van der Waals surface area contributed by atoms with Crippen molar-refractivity contribution in [2.24, 2.45) is 5.10 Å². The summed E-state index contributed by atoms with van der Waals surface area (Å²) in [5.74, 6) is 1.26. The molecule has 0 aromatic heterocycles. The Balaban J connectivity index is 1.68. The van der Waals surface area contributed by atoms with E-state index in [0.29, 0.717) is 46.1 Å². The van der Waals surface area contributed by atoms with Crippen molar-refractivity contribution in [1.29, 1.82) is 0 Å². The predicted molar refractivity (Wildman–Crippen MR) is 131 cm³/mol. The molecule has 0 aliphatic carbocycles. The number of hydrogen-bond donors (Lipinski definition) is 1. The predicted octanol–water partition coefficient (Wildman–Crippen LogP) is 6.05. The van der Waals surface area contributed by atoms with E-state index in [2.05, 4.69) is 10.5 Å². The first-order valence-electron chi connectivity index (χ1n) is 10.2. The summed E-state index contributed by atoms with van der Waals surface area (Å²) in [7, 11) is 1.52. The van der Waals surface area contributed by atoms with E-state index in [-0.39, 0.29) is 5.91 Å². The number of carbonyl (C=O) groups is 1. The van der Waals surface area contributed by atoms with Gasteiger partial charge in [0.25, 0.3) is 5.91 Å². The molecule has 0 saturated heterocycles. The maximum atomic E-state index is 12.4. The molecule has 0 spiro atoms. The number of methoxy groups -OCH3 is 1. The number of halogens is 2. The lowest BCUT2D eigenvalue weighted by molar-refractivity contribution is 0.0952. The average Bonchev–Trinajstić information content (AvgIpc) is 2.80. The fourth-order valence-corrected chi connectivity index (χ4v) is 3.32. The number of aryl methyl sites for hydroxylation is 1. The van der Waals surface area contributed by atoms with Crippen LogP contribution in [0.25, 0.3) is 0 Å². The van der Waals surface area contributed by atoms with E-state index in [9.17, 15) is 4.79 Å². The van der Waals surface area contributed by atoms with E-state index in [1.54, 1.807) is 36.4 Å². The molecule has 8 heteroatoms. The first-order valence-corrected chi connectivity index (χ1v) is 11.0. The average molecular weight is 487 g/mol. The number of rotatable bonds is 9. The van der Waals surface area contributed by atoms with Crippen molar-refractivity contribution in [3.8, 4) is 17.2 Å². The van der Waals surface area contributed by atoms with Gasteiger partial charge in [0.1, 0.15) is 12.4 Å². The molecular weight excluding hydrogens is 463 g/mol. The van der Waals surface area contributed by atoms with Gasteiger partial charge in [0, 0.05) is 0 Å². The number of nitrogens with zero attached hydrogens (tertiary/aromatic N) is 1. The van der Waals surface area contributed by atoms with Crippen LogP contribution in [0.1, 0.15) is 34.0 Å². The highest BCUT2D eigenvalue weighted by Gasteiger charge is 2.12. The summed E-state index contributed by atoms with van der Waals surface area (Å²) in [6.45, 7) is 4.58. The van der Waals surface area contributed by atoms with Gasteiger partial charge in [-0.3, -0.25) is 4.79 Å². The minimum absolute atomic E-state index is 0.304. The summed E-state index contributed by atoms with van der Waals surface area (Å²) < 4.78 is 16.9. The van der Waals surface area contributed by atoms with Crippen LogP contribution in [0, 0.1) is 6.92 Å². The van der Waals surface area contributed by atoms with Crippen LogP contribution in [0.2, 0.25) is 10.0 Å². The Morgan fingerprint density at radius 2 is 1.79 bits per heavy atom. The van der Waals surface area contributed by atoms with Crippen LogP contribution >= 0.6 is 23.2 Å². The largest absolute Gasteiger partial charge is 0.496 e. The van der Waals surface area contributed by atoms with E-state index in [0.717, 1.165) is 16.7 Å². The molecule has 33 heavy (non-hydrogen) atoms. The van der Waals surface area contributed by atoms with E-state index < -0.39 is 0 Å². The Labute approximate surface area is 203 Å². The van der Waals surface area contributed by atoms with Gasteiger partial charge in [-0.15, -0.1) is 0 Å². The zero-order chi connectivity index (χ0) is 23.8. The van der Waals surface area contributed by atoms with Gasteiger partial charge in [-0.2, -0.15) is 5.10 Å². The molecule has 0 bridgehead atoms.